The van der Waals surface area contributed by atoms with E-state index < -0.39 is 23.7 Å². The number of benzene rings is 3. The molecular weight excluding hydrogens is 540 g/mol. The minimum absolute atomic E-state index is 0.0395. The summed E-state index contributed by atoms with van der Waals surface area (Å²) in [4.78, 5) is 11.7. The first-order chi connectivity index (χ1) is 19.7. The Hall–Kier alpha value is -4.47. The fourth-order valence-electron chi connectivity index (χ4n) is 5.66. The topological polar surface area (TPSA) is 70.5 Å². The van der Waals surface area contributed by atoms with Crippen LogP contribution in [0.25, 0.3) is 22.3 Å². The number of fused-ring (bicyclic) bond motifs is 2. The second kappa shape index (κ2) is 10.5. The van der Waals surface area contributed by atoms with E-state index in [-0.39, 0.29) is 41.4 Å². The molecule has 0 saturated heterocycles. The molecule has 2 heterocycles. The predicted molar refractivity (Wildman–Crippen MR) is 141 cm³/mol. The first-order valence-electron chi connectivity index (χ1n) is 13.0. The van der Waals surface area contributed by atoms with Crippen LogP contribution in [-0.4, -0.2) is 29.9 Å². The summed E-state index contributed by atoms with van der Waals surface area (Å²) in [5, 5.41) is 7.59. The average molecular weight is 565 g/mol. The lowest BCUT2D eigenvalue weighted by atomic mass is 9.90. The molecule has 0 spiro atoms. The van der Waals surface area contributed by atoms with Gasteiger partial charge in [-0.15, -0.1) is 0 Å². The number of halogens is 4. The third kappa shape index (κ3) is 5.10. The largest absolute Gasteiger partial charge is 0.492 e. The third-order valence-electron chi connectivity index (χ3n) is 7.58. The Morgan fingerprint density at radius 3 is 2.51 bits per heavy atom. The van der Waals surface area contributed by atoms with Gasteiger partial charge < -0.3 is 14.2 Å². The molecule has 6 rings (SSSR count). The maximum atomic E-state index is 15.4. The zero-order chi connectivity index (χ0) is 28.7. The Morgan fingerprint density at radius 2 is 1.80 bits per heavy atom. The van der Waals surface area contributed by atoms with Gasteiger partial charge in [0.25, 0.3) is 0 Å². The van der Waals surface area contributed by atoms with Crippen LogP contribution in [0.3, 0.4) is 0 Å². The summed E-state index contributed by atoms with van der Waals surface area (Å²) >= 11 is 0. The molecule has 0 bridgehead atoms. The normalized spacial score (nSPS) is 17.5. The Bertz CT molecular complexity index is 1610. The van der Waals surface area contributed by atoms with Crippen molar-refractivity contribution in [2.75, 3.05) is 13.7 Å². The minimum Gasteiger partial charge on any atom is -0.492 e. The molecular formula is C31H24F4N2O4. The lowest BCUT2D eigenvalue weighted by molar-refractivity contribution is -0.141. The SMILES string of the molecule is COC(=O)C[C@@H]1COc2cc(O[C@@H]3CCc4c(-c5ccc(-c6ccnnc6)cc5)c(C(F)(F)F)cc(F)c43)ccc21. The number of hydrogen-bond acceptors (Lipinski definition) is 6. The number of nitrogens with zero attached hydrogens (tertiary/aromatic N) is 2. The van der Waals surface area contributed by atoms with Crippen molar-refractivity contribution in [2.45, 2.75) is 37.5 Å². The quantitative estimate of drug-likeness (QED) is 0.184. The van der Waals surface area contributed by atoms with Crippen molar-refractivity contribution in [1.82, 2.24) is 10.2 Å². The van der Waals surface area contributed by atoms with Crippen LogP contribution in [-0.2, 0) is 22.1 Å². The lowest BCUT2D eigenvalue weighted by Crippen LogP contribution is -2.12. The van der Waals surface area contributed by atoms with Gasteiger partial charge in [0.1, 0.15) is 23.4 Å². The van der Waals surface area contributed by atoms with E-state index >= 15 is 4.39 Å². The van der Waals surface area contributed by atoms with Crippen LogP contribution >= 0.6 is 0 Å². The first-order valence-corrected chi connectivity index (χ1v) is 13.0. The van der Waals surface area contributed by atoms with Gasteiger partial charge in [-0.25, -0.2) is 4.39 Å². The van der Waals surface area contributed by atoms with Crippen molar-refractivity contribution in [1.29, 1.82) is 0 Å². The van der Waals surface area contributed by atoms with Gasteiger partial charge in [-0.2, -0.15) is 23.4 Å². The van der Waals surface area contributed by atoms with E-state index in [4.69, 9.17) is 14.2 Å². The van der Waals surface area contributed by atoms with Crippen molar-refractivity contribution in [3.63, 3.8) is 0 Å². The molecule has 4 aromatic rings. The van der Waals surface area contributed by atoms with Gasteiger partial charge in [-0.05, 0) is 53.3 Å². The smallest absolute Gasteiger partial charge is 0.417 e. The fraction of sp³-hybridized carbons (Fsp3) is 0.258. The molecule has 0 saturated carbocycles. The van der Waals surface area contributed by atoms with Crippen molar-refractivity contribution >= 4 is 5.97 Å². The van der Waals surface area contributed by atoms with Gasteiger partial charge in [0.05, 0.1) is 38.1 Å². The second-order valence-corrected chi connectivity index (χ2v) is 10.0. The molecule has 0 unspecified atom stereocenters. The van der Waals surface area contributed by atoms with Crippen molar-refractivity contribution in [3.05, 3.63) is 95.1 Å². The molecule has 6 nitrogen and oxygen atoms in total. The van der Waals surface area contributed by atoms with Gasteiger partial charge in [0.2, 0.25) is 0 Å². The van der Waals surface area contributed by atoms with E-state index in [9.17, 15) is 18.0 Å². The van der Waals surface area contributed by atoms with E-state index in [1.807, 2.05) is 0 Å². The van der Waals surface area contributed by atoms with E-state index in [2.05, 4.69) is 10.2 Å². The predicted octanol–water partition coefficient (Wildman–Crippen LogP) is 7.07. The molecule has 1 aliphatic heterocycles. The Balaban J connectivity index is 1.33. The van der Waals surface area contributed by atoms with Crippen molar-refractivity contribution in [3.8, 4) is 33.8 Å². The number of hydrogen-bond donors (Lipinski definition) is 0. The van der Waals surface area contributed by atoms with Crippen LogP contribution in [0, 0.1) is 5.82 Å². The van der Waals surface area contributed by atoms with Gasteiger partial charge >= 0.3 is 12.1 Å². The van der Waals surface area contributed by atoms with Gasteiger partial charge in [0, 0.05) is 28.7 Å². The molecule has 2 atom stereocenters. The zero-order valence-electron chi connectivity index (χ0n) is 21.9. The van der Waals surface area contributed by atoms with E-state index in [1.54, 1.807) is 54.7 Å². The number of rotatable bonds is 6. The zero-order valence-corrected chi connectivity index (χ0v) is 21.9. The third-order valence-corrected chi connectivity index (χ3v) is 7.58. The highest BCUT2D eigenvalue weighted by Crippen LogP contribution is 2.48. The van der Waals surface area contributed by atoms with Crippen molar-refractivity contribution in [2.24, 2.45) is 0 Å². The molecule has 2 aliphatic rings. The van der Waals surface area contributed by atoms with Crippen LogP contribution in [0.2, 0.25) is 0 Å². The van der Waals surface area contributed by atoms with E-state index in [1.165, 1.54) is 13.3 Å². The fourth-order valence-corrected chi connectivity index (χ4v) is 5.66. The van der Waals surface area contributed by atoms with Gasteiger partial charge in [-0.3, -0.25) is 4.79 Å². The van der Waals surface area contributed by atoms with E-state index in [0.29, 0.717) is 36.2 Å². The van der Waals surface area contributed by atoms with Crippen LogP contribution < -0.4 is 9.47 Å². The monoisotopic (exact) mass is 564 g/mol. The number of carbonyl (C=O) groups is 1. The summed E-state index contributed by atoms with van der Waals surface area (Å²) in [6, 6.07) is 14.1. The number of carbonyl (C=O) groups excluding carboxylic acids is 1. The van der Waals surface area contributed by atoms with Crippen LogP contribution in [0.15, 0.2) is 67.0 Å². The lowest BCUT2D eigenvalue weighted by Gasteiger charge is -2.21. The Labute approximate surface area is 232 Å². The first kappa shape index (κ1) is 26.7. The standard InChI is InChI=1S/C31H24F4N2O4/c1-39-28(38)12-20-16-40-27-13-21(6-7-22(20)27)41-26-9-8-23-29(24(31(33,34)35)14-25(32)30(23)26)18-4-2-17(3-5-18)19-10-11-36-37-15-19/h2-7,10-11,13-15,20,26H,8-9,12,16H2,1H3/t20-,26-/m1/s1. The molecule has 41 heavy (non-hydrogen) atoms. The van der Waals surface area contributed by atoms with Crippen LogP contribution in [0.4, 0.5) is 17.6 Å². The molecule has 0 N–H and O–H groups in total. The average Bonchev–Trinajstić information content (AvgIpc) is 3.57. The molecule has 1 aliphatic carbocycles. The molecule has 0 fully saturated rings. The summed E-state index contributed by atoms with van der Waals surface area (Å²) in [6.07, 6.45) is -1.73. The molecule has 3 aromatic carbocycles. The minimum atomic E-state index is -4.75. The van der Waals surface area contributed by atoms with Gasteiger partial charge in [-0.1, -0.05) is 30.3 Å². The highest BCUT2D eigenvalue weighted by molar-refractivity contribution is 5.77. The van der Waals surface area contributed by atoms with E-state index in [0.717, 1.165) is 16.7 Å². The summed E-state index contributed by atoms with van der Waals surface area (Å²) < 4.78 is 74.5. The Kier molecular flexibility index (Phi) is 6.84. The number of esters is 1. The number of ether oxygens (including phenoxy) is 3. The molecule has 0 amide bonds. The van der Waals surface area contributed by atoms with Gasteiger partial charge in [0.15, 0.2) is 0 Å². The molecule has 10 heteroatoms. The maximum absolute atomic E-state index is 15.4. The highest BCUT2D eigenvalue weighted by Gasteiger charge is 2.40. The Morgan fingerprint density at radius 1 is 1.02 bits per heavy atom. The summed E-state index contributed by atoms with van der Waals surface area (Å²) in [7, 11) is 1.33. The number of methoxy groups -OCH3 is 1. The molecule has 210 valence electrons. The van der Waals surface area contributed by atoms with Crippen LogP contribution in [0.1, 0.15) is 47.1 Å². The maximum Gasteiger partial charge on any atom is 0.417 e. The molecule has 1 aromatic heterocycles. The number of alkyl halides is 3. The van der Waals surface area contributed by atoms with Crippen molar-refractivity contribution < 1.29 is 36.6 Å². The summed E-state index contributed by atoms with van der Waals surface area (Å²) in [5.74, 6) is -0.499. The molecule has 0 radical (unpaired) electrons. The summed E-state index contributed by atoms with van der Waals surface area (Å²) in [6.45, 7) is 0.314. The summed E-state index contributed by atoms with van der Waals surface area (Å²) in [5.41, 5.74) is 2.07. The second-order valence-electron chi connectivity index (χ2n) is 10.0. The van der Waals surface area contributed by atoms with Crippen LogP contribution in [0.5, 0.6) is 11.5 Å². The number of aromatic nitrogens is 2. The highest BCUT2D eigenvalue weighted by atomic mass is 19.4.